The number of anilines is 1. The van der Waals surface area contributed by atoms with Gasteiger partial charge in [0.15, 0.2) is 0 Å². The van der Waals surface area contributed by atoms with Crippen molar-refractivity contribution in [1.29, 1.82) is 0 Å². The molecule has 1 aromatic rings. The quantitative estimate of drug-likeness (QED) is 0.809. The minimum Gasteiger partial charge on any atom is -0.326 e. The van der Waals surface area contributed by atoms with E-state index in [1.165, 1.54) is 6.42 Å². The average molecular weight is 329 g/mol. The van der Waals surface area contributed by atoms with Crippen LogP contribution in [0.4, 0.5) is 5.69 Å². The first kappa shape index (κ1) is 18.2. The Labute approximate surface area is 143 Å². The second kappa shape index (κ2) is 8.62. The van der Waals surface area contributed by atoms with E-state index in [1.54, 1.807) is 0 Å². The first-order chi connectivity index (χ1) is 11.4. The SMILES string of the molecule is Cc1ccc(NC(=O)CCC(=O)N/N=C2/CCC[C@H](C)C2)c(C)c1. The number of carbonyl (C=O) groups excluding carboxylic acids is 2. The number of nitrogens with zero attached hydrogens (tertiary/aromatic N) is 1. The molecule has 2 amide bonds. The van der Waals surface area contributed by atoms with Crippen molar-refractivity contribution >= 4 is 23.2 Å². The number of hydrogen-bond donors (Lipinski definition) is 2. The molecule has 1 aliphatic carbocycles. The van der Waals surface area contributed by atoms with E-state index in [4.69, 9.17) is 0 Å². The summed E-state index contributed by atoms with van der Waals surface area (Å²) in [6, 6.07) is 5.86. The highest BCUT2D eigenvalue weighted by molar-refractivity contribution is 5.94. The number of carbonyl (C=O) groups is 2. The second-order valence-electron chi connectivity index (χ2n) is 6.78. The lowest BCUT2D eigenvalue weighted by atomic mass is 9.89. The summed E-state index contributed by atoms with van der Waals surface area (Å²) in [5.41, 5.74) is 6.60. The number of nitrogens with one attached hydrogen (secondary N) is 2. The molecule has 0 aromatic heterocycles. The number of benzene rings is 1. The molecule has 5 heteroatoms. The molecular weight excluding hydrogens is 302 g/mol. The fourth-order valence-corrected chi connectivity index (χ4v) is 2.95. The maximum atomic E-state index is 12.0. The fraction of sp³-hybridized carbons (Fsp3) is 0.526. The summed E-state index contributed by atoms with van der Waals surface area (Å²) in [6.07, 6.45) is 4.56. The first-order valence-electron chi connectivity index (χ1n) is 8.65. The highest BCUT2D eigenvalue weighted by Crippen LogP contribution is 2.21. The minimum absolute atomic E-state index is 0.142. The third kappa shape index (κ3) is 5.80. The van der Waals surface area contributed by atoms with Crippen LogP contribution in [0.1, 0.15) is 56.6 Å². The highest BCUT2D eigenvalue weighted by Gasteiger charge is 2.14. The predicted molar refractivity (Wildman–Crippen MR) is 97.0 cm³/mol. The summed E-state index contributed by atoms with van der Waals surface area (Å²) >= 11 is 0. The maximum absolute atomic E-state index is 12.0. The average Bonchev–Trinajstić information content (AvgIpc) is 2.54. The van der Waals surface area contributed by atoms with Crippen molar-refractivity contribution in [2.24, 2.45) is 11.0 Å². The van der Waals surface area contributed by atoms with Gasteiger partial charge in [-0.3, -0.25) is 9.59 Å². The van der Waals surface area contributed by atoms with E-state index in [2.05, 4.69) is 22.8 Å². The van der Waals surface area contributed by atoms with Gasteiger partial charge in [0, 0.05) is 24.2 Å². The van der Waals surface area contributed by atoms with E-state index in [0.29, 0.717) is 5.92 Å². The zero-order valence-electron chi connectivity index (χ0n) is 14.8. The van der Waals surface area contributed by atoms with Crippen LogP contribution in [0, 0.1) is 19.8 Å². The summed E-state index contributed by atoms with van der Waals surface area (Å²) < 4.78 is 0. The van der Waals surface area contributed by atoms with Crippen LogP contribution < -0.4 is 10.7 Å². The molecule has 0 unspecified atom stereocenters. The van der Waals surface area contributed by atoms with Gasteiger partial charge in [-0.15, -0.1) is 0 Å². The van der Waals surface area contributed by atoms with Gasteiger partial charge < -0.3 is 5.32 Å². The van der Waals surface area contributed by atoms with Crippen LogP contribution in [0.25, 0.3) is 0 Å². The van der Waals surface area contributed by atoms with Gasteiger partial charge in [-0.25, -0.2) is 5.43 Å². The molecule has 0 aliphatic heterocycles. The fourth-order valence-electron chi connectivity index (χ4n) is 2.95. The van der Waals surface area contributed by atoms with E-state index < -0.39 is 0 Å². The summed E-state index contributed by atoms with van der Waals surface area (Å²) in [5, 5.41) is 7.05. The van der Waals surface area contributed by atoms with Crippen LogP contribution in [-0.4, -0.2) is 17.5 Å². The number of rotatable bonds is 5. The zero-order chi connectivity index (χ0) is 17.5. The Bertz CT molecular complexity index is 637. The van der Waals surface area contributed by atoms with Crippen molar-refractivity contribution in [3.63, 3.8) is 0 Å². The van der Waals surface area contributed by atoms with Crippen molar-refractivity contribution < 1.29 is 9.59 Å². The number of hydrogen-bond acceptors (Lipinski definition) is 3. The molecule has 1 aliphatic rings. The summed E-state index contributed by atoms with van der Waals surface area (Å²) in [4.78, 5) is 23.8. The van der Waals surface area contributed by atoms with E-state index in [9.17, 15) is 9.59 Å². The first-order valence-corrected chi connectivity index (χ1v) is 8.65. The Morgan fingerprint density at radius 1 is 1.21 bits per heavy atom. The summed E-state index contributed by atoms with van der Waals surface area (Å²) in [6.45, 7) is 6.17. The van der Waals surface area contributed by atoms with E-state index >= 15 is 0 Å². The molecule has 1 aromatic carbocycles. The van der Waals surface area contributed by atoms with Crippen molar-refractivity contribution in [3.05, 3.63) is 29.3 Å². The Morgan fingerprint density at radius 3 is 2.67 bits per heavy atom. The van der Waals surface area contributed by atoms with Gasteiger partial charge in [0.05, 0.1) is 0 Å². The maximum Gasteiger partial charge on any atom is 0.240 e. The smallest absolute Gasteiger partial charge is 0.240 e. The highest BCUT2D eigenvalue weighted by atomic mass is 16.2. The van der Waals surface area contributed by atoms with Crippen molar-refractivity contribution in [2.75, 3.05) is 5.32 Å². The van der Waals surface area contributed by atoms with Gasteiger partial charge in [0.25, 0.3) is 0 Å². The number of amides is 2. The zero-order valence-corrected chi connectivity index (χ0v) is 14.8. The Kier molecular flexibility index (Phi) is 6.53. The molecule has 1 atom stereocenters. The van der Waals surface area contributed by atoms with Crippen molar-refractivity contribution in [3.8, 4) is 0 Å². The predicted octanol–water partition coefficient (Wildman–Crippen LogP) is 3.70. The van der Waals surface area contributed by atoms with Crippen molar-refractivity contribution in [2.45, 2.75) is 59.3 Å². The van der Waals surface area contributed by atoms with Gasteiger partial charge in [-0.2, -0.15) is 5.10 Å². The molecular formula is C19H27N3O2. The van der Waals surface area contributed by atoms with Crippen LogP contribution in [0.2, 0.25) is 0 Å². The molecule has 1 saturated carbocycles. The topological polar surface area (TPSA) is 70.6 Å². The largest absolute Gasteiger partial charge is 0.326 e. The molecule has 2 N–H and O–H groups in total. The van der Waals surface area contributed by atoms with Crippen molar-refractivity contribution in [1.82, 2.24) is 5.43 Å². The minimum atomic E-state index is -0.212. The molecule has 0 saturated heterocycles. The number of aryl methyl sites for hydroxylation is 2. The molecule has 0 radical (unpaired) electrons. The lowest BCUT2D eigenvalue weighted by Gasteiger charge is -2.18. The normalized spacial score (nSPS) is 19.1. The van der Waals surface area contributed by atoms with Crippen LogP contribution in [0.3, 0.4) is 0 Å². The van der Waals surface area contributed by atoms with Crippen LogP contribution in [0.15, 0.2) is 23.3 Å². The van der Waals surface area contributed by atoms with E-state index in [0.717, 1.165) is 41.8 Å². The third-order valence-electron chi connectivity index (χ3n) is 4.32. The molecule has 0 heterocycles. The lowest BCUT2D eigenvalue weighted by molar-refractivity contribution is -0.124. The summed E-state index contributed by atoms with van der Waals surface area (Å²) in [5.74, 6) is 0.269. The standard InChI is InChI=1S/C19H27N3O2/c1-13-5-4-6-16(12-13)21-22-19(24)10-9-18(23)20-17-8-7-14(2)11-15(17)3/h7-8,11,13H,4-6,9-10,12H2,1-3H3,(H,20,23)(H,22,24)/b21-16-/t13-/m0/s1. The molecule has 0 bridgehead atoms. The Hall–Kier alpha value is -2.17. The van der Waals surface area contributed by atoms with Gasteiger partial charge in [0.1, 0.15) is 0 Å². The lowest BCUT2D eigenvalue weighted by Crippen LogP contribution is -2.23. The second-order valence-corrected chi connectivity index (χ2v) is 6.78. The van der Waals surface area contributed by atoms with Gasteiger partial charge in [0.2, 0.25) is 11.8 Å². The Balaban J connectivity index is 1.75. The van der Waals surface area contributed by atoms with Gasteiger partial charge in [-0.1, -0.05) is 24.6 Å². The molecule has 2 rings (SSSR count). The van der Waals surface area contributed by atoms with Crippen LogP contribution in [0.5, 0.6) is 0 Å². The third-order valence-corrected chi connectivity index (χ3v) is 4.32. The molecule has 24 heavy (non-hydrogen) atoms. The van der Waals surface area contributed by atoms with E-state index in [1.807, 2.05) is 32.0 Å². The summed E-state index contributed by atoms with van der Waals surface area (Å²) in [7, 11) is 0. The Morgan fingerprint density at radius 2 is 1.96 bits per heavy atom. The molecule has 1 fully saturated rings. The van der Waals surface area contributed by atoms with Crippen LogP contribution >= 0.6 is 0 Å². The number of hydrazone groups is 1. The molecule has 0 spiro atoms. The molecule has 5 nitrogen and oxygen atoms in total. The monoisotopic (exact) mass is 329 g/mol. The molecule has 130 valence electrons. The van der Waals surface area contributed by atoms with E-state index in [-0.39, 0.29) is 24.7 Å². The van der Waals surface area contributed by atoms with Crippen LogP contribution in [-0.2, 0) is 9.59 Å². The van der Waals surface area contributed by atoms with Gasteiger partial charge in [-0.05, 0) is 57.1 Å². The van der Waals surface area contributed by atoms with Gasteiger partial charge >= 0.3 is 0 Å².